The van der Waals surface area contributed by atoms with Crippen LogP contribution in [0, 0.1) is 6.92 Å². The second-order valence-corrected chi connectivity index (χ2v) is 2.88. The molecule has 0 bridgehead atoms. The lowest BCUT2D eigenvalue weighted by molar-refractivity contribution is 0.568. The molecule has 0 radical (unpaired) electrons. The highest BCUT2D eigenvalue weighted by Crippen LogP contribution is 2.19. The van der Waals surface area contributed by atoms with Gasteiger partial charge in [-0.1, -0.05) is 29.8 Å². The van der Waals surface area contributed by atoms with Gasteiger partial charge in [0.1, 0.15) is 0 Å². The van der Waals surface area contributed by atoms with E-state index in [0.717, 1.165) is 5.56 Å². The maximum Gasteiger partial charge on any atom is 0.0980 e. The van der Waals surface area contributed by atoms with Crippen LogP contribution in [0.4, 0.5) is 0 Å². The fourth-order valence-corrected chi connectivity index (χ4v) is 1.25. The summed E-state index contributed by atoms with van der Waals surface area (Å²) in [7, 11) is 0. The van der Waals surface area contributed by atoms with Gasteiger partial charge in [0.05, 0.1) is 12.5 Å². The lowest BCUT2D eigenvalue weighted by atomic mass is 10.1. The van der Waals surface area contributed by atoms with Crippen molar-refractivity contribution in [3.8, 4) is 11.1 Å². The average Bonchev–Trinajstić information content (AvgIpc) is 2.56. The normalized spacial score (nSPS) is 10.1. The van der Waals surface area contributed by atoms with Crippen LogP contribution in [0.5, 0.6) is 0 Å². The third-order valence-corrected chi connectivity index (χ3v) is 1.87. The lowest BCUT2D eigenvalue weighted by Crippen LogP contribution is -1.74. The Labute approximate surface area is 71.6 Å². The predicted octanol–water partition coefficient (Wildman–Crippen LogP) is 3.26. The maximum absolute atomic E-state index is 5.01. The van der Waals surface area contributed by atoms with E-state index < -0.39 is 0 Å². The zero-order chi connectivity index (χ0) is 8.39. The Balaban J connectivity index is 2.48. The third kappa shape index (κ3) is 1.26. The Morgan fingerprint density at radius 2 is 2.00 bits per heavy atom. The molecule has 2 rings (SSSR count). The summed E-state index contributed by atoms with van der Waals surface area (Å²) in [6.45, 7) is 2.09. The zero-order valence-electron chi connectivity index (χ0n) is 6.95. The fourth-order valence-electron chi connectivity index (χ4n) is 1.25. The van der Waals surface area contributed by atoms with Crippen molar-refractivity contribution in [3.05, 3.63) is 48.4 Å². The summed E-state index contributed by atoms with van der Waals surface area (Å²) in [6, 6.07) is 10.3. The summed E-state index contributed by atoms with van der Waals surface area (Å²) in [5.41, 5.74) is 3.62. The molecular formula is C11H10O. The third-order valence-electron chi connectivity index (χ3n) is 1.87. The van der Waals surface area contributed by atoms with Crippen LogP contribution in [0.25, 0.3) is 11.1 Å². The molecule has 1 heterocycles. The number of benzene rings is 1. The van der Waals surface area contributed by atoms with E-state index in [1.165, 1.54) is 11.1 Å². The van der Waals surface area contributed by atoms with Gasteiger partial charge in [-0.3, -0.25) is 0 Å². The first kappa shape index (κ1) is 7.17. The van der Waals surface area contributed by atoms with Crippen LogP contribution in [-0.2, 0) is 0 Å². The van der Waals surface area contributed by atoms with Crippen LogP contribution in [0.15, 0.2) is 47.3 Å². The van der Waals surface area contributed by atoms with Crippen molar-refractivity contribution >= 4 is 0 Å². The highest BCUT2D eigenvalue weighted by molar-refractivity contribution is 5.62. The molecular weight excluding hydrogens is 148 g/mol. The Morgan fingerprint density at radius 1 is 1.08 bits per heavy atom. The molecule has 0 aliphatic heterocycles. The summed E-state index contributed by atoms with van der Waals surface area (Å²) in [4.78, 5) is 0. The van der Waals surface area contributed by atoms with Crippen LogP contribution in [-0.4, -0.2) is 0 Å². The first-order valence-corrected chi connectivity index (χ1v) is 3.95. The molecule has 0 saturated carbocycles. The molecule has 0 atom stereocenters. The second kappa shape index (κ2) is 2.86. The predicted molar refractivity (Wildman–Crippen MR) is 48.9 cm³/mol. The maximum atomic E-state index is 5.01. The van der Waals surface area contributed by atoms with Crippen LogP contribution in [0.2, 0.25) is 0 Å². The molecule has 60 valence electrons. The Morgan fingerprint density at radius 3 is 2.67 bits per heavy atom. The van der Waals surface area contributed by atoms with Crippen LogP contribution < -0.4 is 0 Å². The number of furan rings is 1. The van der Waals surface area contributed by atoms with E-state index in [2.05, 4.69) is 31.2 Å². The van der Waals surface area contributed by atoms with Crippen molar-refractivity contribution in [1.29, 1.82) is 0 Å². The first-order chi connectivity index (χ1) is 5.86. The van der Waals surface area contributed by atoms with E-state index >= 15 is 0 Å². The van der Waals surface area contributed by atoms with Gasteiger partial charge in [0.15, 0.2) is 0 Å². The van der Waals surface area contributed by atoms with Gasteiger partial charge in [-0.05, 0) is 18.6 Å². The minimum Gasteiger partial charge on any atom is -0.472 e. The van der Waals surface area contributed by atoms with Gasteiger partial charge in [-0.25, -0.2) is 0 Å². The van der Waals surface area contributed by atoms with E-state index in [-0.39, 0.29) is 0 Å². The molecule has 0 saturated heterocycles. The summed E-state index contributed by atoms with van der Waals surface area (Å²) in [5, 5.41) is 0. The minimum absolute atomic E-state index is 1.14. The molecule has 1 aromatic heterocycles. The van der Waals surface area contributed by atoms with Crippen LogP contribution in [0.1, 0.15) is 5.56 Å². The fraction of sp³-hybridized carbons (Fsp3) is 0.0909. The quantitative estimate of drug-likeness (QED) is 0.620. The van der Waals surface area contributed by atoms with E-state index in [0.29, 0.717) is 0 Å². The molecule has 1 aromatic carbocycles. The van der Waals surface area contributed by atoms with E-state index in [1.54, 1.807) is 12.5 Å². The second-order valence-electron chi connectivity index (χ2n) is 2.88. The topological polar surface area (TPSA) is 13.1 Å². The first-order valence-electron chi connectivity index (χ1n) is 3.95. The molecule has 2 aromatic rings. The van der Waals surface area contributed by atoms with Gasteiger partial charge < -0.3 is 4.42 Å². The Kier molecular flexibility index (Phi) is 1.71. The van der Waals surface area contributed by atoms with Gasteiger partial charge >= 0.3 is 0 Å². The molecule has 0 N–H and O–H groups in total. The summed E-state index contributed by atoms with van der Waals surface area (Å²) in [5.74, 6) is 0. The van der Waals surface area contributed by atoms with Gasteiger partial charge in [-0.15, -0.1) is 0 Å². The van der Waals surface area contributed by atoms with Gasteiger partial charge in [0, 0.05) is 5.56 Å². The smallest absolute Gasteiger partial charge is 0.0980 e. The Hall–Kier alpha value is -1.50. The number of hydrogen-bond acceptors (Lipinski definition) is 1. The van der Waals surface area contributed by atoms with Crippen LogP contribution in [0.3, 0.4) is 0 Å². The largest absolute Gasteiger partial charge is 0.472 e. The molecule has 1 heteroatoms. The number of aryl methyl sites for hydroxylation is 1. The number of hydrogen-bond donors (Lipinski definition) is 0. The summed E-state index contributed by atoms with van der Waals surface area (Å²) < 4.78 is 5.01. The molecule has 0 unspecified atom stereocenters. The van der Waals surface area contributed by atoms with E-state index in [4.69, 9.17) is 4.42 Å². The van der Waals surface area contributed by atoms with Gasteiger partial charge in [-0.2, -0.15) is 0 Å². The van der Waals surface area contributed by atoms with Crippen molar-refractivity contribution in [3.63, 3.8) is 0 Å². The summed E-state index contributed by atoms with van der Waals surface area (Å²) >= 11 is 0. The highest BCUT2D eigenvalue weighted by atomic mass is 16.3. The van der Waals surface area contributed by atoms with Crippen molar-refractivity contribution in [2.45, 2.75) is 6.92 Å². The SMILES string of the molecule is Cc1cccc(-c2ccoc2)c1. The Bertz CT molecular complexity index is 360. The lowest BCUT2D eigenvalue weighted by Gasteiger charge is -1.97. The zero-order valence-corrected chi connectivity index (χ0v) is 6.95. The molecule has 0 amide bonds. The molecule has 0 fully saturated rings. The highest BCUT2D eigenvalue weighted by Gasteiger charge is 1.97. The standard InChI is InChI=1S/C11H10O/c1-9-3-2-4-10(7-9)11-5-6-12-8-11/h2-8H,1H3. The minimum atomic E-state index is 1.14. The van der Waals surface area contributed by atoms with Crippen molar-refractivity contribution in [1.82, 2.24) is 0 Å². The molecule has 1 nitrogen and oxygen atoms in total. The van der Waals surface area contributed by atoms with Crippen LogP contribution >= 0.6 is 0 Å². The van der Waals surface area contributed by atoms with E-state index in [1.807, 2.05) is 6.07 Å². The molecule has 12 heavy (non-hydrogen) atoms. The van der Waals surface area contributed by atoms with Crippen molar-refractivity contribution in [2.75, 3.05) is 0 Å². The molecule has 0 aliphatic carbocycles. The van der Waals surface area contributed by atoms with Crippen molar-refractivity contribution < 1.29 is 4.42 Å². The molecule has 0 spiro atoms. The monoisotopic (exact) mass is 158 g/mol. The number of rotatable bonds is 1. The van der Waals surface area contributed by atoms with E-state index in [9.17, 15) is 0 Å². The van der Waals surface area contributed by atoms with Gasteiger partial charge in [0.25, 0.3) is 0 Å². The van der Waals surface area contributed by atoms with Gasteiger partial charge in [0.2, 0.25) is 0 Å². The van der Waals surface area contributed by atoms with Crippen molar-refractivity contribution in [2.24, 2.45) is 0 Å². The molecule has 0 aliphatic rings. The summed E-state index contributed by atoms with van der Waals surface area (Å²) in [6.07, 6.45) is 3.45. The average molecular weight is 158 g/mol.